The highest BCUT2D eigenvalue weighted by Gasteiger charge is 2.37. The predicted molar refractivity (Wildman–Crippen MR) is 115 cm³/mol. The fraction of sp³-hybridized carbons (Fsp3) is 0.368. The lowest BCUT2D eigenvalue weighted by atomic mass is 10.2. The number of hydrogen-bond donors (Lipinski definition) is 1. The van der Waals surface area contributed by atoms with E-state index in [2.05, 4.69) is 0 Å². The number of halogens is 1. The molecule has 0 radical (unpaired) electrons. The summed E-state index contributed by atoms with van der Waals surface area (Å²) in [4.78, 5) is 39.6. The maximum atomic E-state index is 14.9. The van der Waals surface area contributed by atoms with Crippen molar-refractivity contribution in [3.8, 4) is 0 Å². The van der Waals surface area contributed by atoms with Crippen LogP contribution in [0.5, 0.6) is 0 Å². The van der Waals surface area contributed by atoms with Gasteiger partial charge in [-0.1, -0.05) is 0 Å². The van der Waals surface area contributed by atoms with Gasteiger partial charge < -0.3 is 19.6 Å². The van der Waals surface area contributed by atoms with Gasteiger partial charge in [0.15, 0.2) is 6.23 Å². The number of benzene rings is 1. The molecule has 2 aliphatic heterocycles. The first kappa shape index (κ1) is 21.6. The Morgan fingerprint density at radius 2 is 1.94 bits per heavy atom. The Kier molecular flexibility index (Phi) is 5.74. The van der Waals surface area contributed by atoms with E-state index in [1.54, 1.807) is 18.2 Å². The summed E-state index contributed by atoms with van der Waals surface area (Å²) in [6.45, 7) is 2.19. The van der Waals surface area contributed by atoms with Crippen molar-refractivity contribution < 1.29 is 28.7 Å². The molecule has 0 bridgehead atoms. The standard InChI is InChI=1S/C19H20FN5O6S/c1-21(18(26)27)15-11-24(19(28)31-15)12-2-3-14(13(20)10-12)22-6-8-23(9-7-22)16-4-5-17(32-16)25(29)30/h2-5,10,15H,6-9,11H2,1H3,(H,26,27)/t15-/m0/s1. The van der Waals surface area contributed by atoms with E-state index in [4.69, 9.17) is 9.84 Å². The molecule has 1 aromatic heterocycles. The first-order chi connectivity index (χ1) is 15.2. The highest BCUT2D eigenvalue weighted by molar-refractivity contribution is 7.19. The third kappa shape index (κ3) is 4.10. The Morgan fingerprint density at radius 3 is 2.53 bits per heavy atom. The van der Waals surface area contributed by atoms with E-state index in [1.165, 1.54) is 24.1 Å². The molecule has 4 rings (SSSR count). The Labute approximate surface area is 185 Å². The lowest BCUT2D eigenvalue weighted by molar-refractivity contribution is -0.380. The number of hydrogen-bond acceptors (Lipinski definition) is 8. The number of likely N-dealkylation sites (N-methyl/N-ethyl adjacent to an activating group) is 1. The molecule has 170 valence electrons. The third-order valence-corrected chi connectivity index (χ3v) is 6.56. The molecule has 2 saturated heterocycles. The molecular formula is C19H20FN5O6S. The van der Waals surface area contributed by atoms with Crippen LogP contribution in [0.25, 0.3) is 0 Å². The highest BCUT2D eigenvalue weighted by Crippen LogP contribution is 2.33. The Hall–Kier alpha value is -3.61. The van der Waals surface area contributed by atoms with Crippen molar-refractivity contribution in [2.75, 3.05) is 54.5 Å². The first-order valence-corrected chi connectivity index (χ1v) is 10.5. The lowest BCUT2D eigenvalue weighted by Gasteiger charge is -2.36. The number of amides is 2. The molecule has 1 aromatic carbocycles. The van der Waals surface area contributed by atoms with Crippen LogP contribution in [0.1, 0.15) is 0 Å². The van der Waals surface area contributed by atoms with Crippen LogP contribution >= 0.6 is 11.3 Å². The summed E-state index contributed by atoms with van der Waals surface area (Å²) in [5.74, 6) is -0.509. The average molecular weight is 465 g/mol. The van der Waals surface area contributed by atoms with Gasteiger partial charge in [-0.2, -0.15) is 0 Å². The number of anilines is 3. The number of cyclic esters (lactones) is 1. The van der Waals surface area contributed by atoms with Crippen LogP contribution in [0.3, 0.4) is 0 Å². The molecule has 2 aliphatic rings. The van der Waals surface area contributed by atoms with Gasteiger partial charge in [-0.05, 0) is 35.6 Å². The molecule has 32 heavy (non-hydrogen) atoms. The van der Waals surface area contributed by atoms with Gasteiger partial charge in [0.25, 0.3) is 0 Å². The van der Waals surface area contributed by atoms with E-state index in [0.717, 1.165) is 21.2 Å². The van der Waals surface area contributed by atoms with Gasteiger partial charge in [0.05, 0.1) is 27.8 Å². The predicted octanol–water partition coefficient (Wildman–Crippen LogP) is 3.01. The molecule has 2 fully saturated rings. The number of nitrogens with zero attached hydrogens (tertiary/aromatic N) is 5. The molecule has 0 spiro atoms. The Morgan fingerprint density at radius 1 is 1.25 bits per heavy atom. The molecule has 2 amide bonds. The fourth-order valence-electron chi connectivity index (χ4n) is 3.66. The van der Waals surface area contributed by atoms with Gasteiger partial charge in [0.2, 0.25) is 0 Å². The molecule has 0 aliphatic carbocycles. The maximum absolute atomic E-state index is 14.9. The zero-order valence-corrected chi connectivity index (χ0v) is 17.8. The van der Waals surface area contributed by atoms with Crippen molar-refractivity contribution in [2.24, 2.45) is 0 Å². The van der Waals surface area contributed by atoms with Crippen LogP contribution in [0.4, 0.5) is 35.4 Å². The molecule has 3 heterocycles. The summed E-state index contributed by atoms with van der Waals surface area (Å²) in [7, 11) is 1.29. The number of carbonyl (C=O) groups is 2. The van der Waals surface area contributed by atoms with Crippen molar-refractivity contribution in [3.63, 3.8) is 0 Å². The second-order valence-corrected chi connectivity index (χ2v) is 8.36. The Balaban J connectivity index is 1.41. The minimum absolute atomic E-state index is 0.0357. The molecule has 1 atom stereocenters. The SMILES string of the molecule is CN(C(=O)O)[C@@H]1CN(c2ccc(N3CCN(c4ccc([N+](=O)[O-])s4)CC3)c(F)c2)C(=O)O1. The van der Waals surface area contributed by atoms with Crippen LogP contribution in [0, 0.1) is 15.9 Å². The van der Waals surface area contributed by atoms with Crippen molar-refractivity contribution >= 4 is 44.9 Å². The number of carboxylic acid groups (broad SMARTS) is 1. The molecule has 2 aromatic rings. The van der Waals surface area contributed by atoms with Crippen LogP contribution in [0.15, 0.2) is 30.3 Å². The van der Waals surface area contributed by atoms with Crippen LogP contribution in [-0.4, -0.2) is 73.1 Å². The third-order valence-electron chi connectivity index (χ3n) is 5.46. The summed E-state index contributed by atoms with van der Waals surface area (Å²) >= 11 is 1.11. The van der Waals surface area contributed by atoms with Gasteiger partial charge in [0, 0.05) is 39.3 Å². The maximum Gasteiger partial charge on any atom is 0.416 e. The molecule has 13 heteroatoms. The summed E-state index contributed by atoms with van der Waals surface area (Å²) in [6, 6.07) is 7.61. The zero-order chi connectivity index (χ0) is 23.0. The normalized spacial score (nSPS) is 18.6. The number of nitro groups is 1. The molecule has 1 N–H and O–H groups in total. The summed E-state index contributed by atoms with van der Waals surface area (Å²) in [5, 5.41) is 20.8. The Bertz CT molecular complexity index is 1060. The van der Waals surface area contributed by atoms with Crippen LogP contribution in [-0.2, 0) is 4.74 Å². The van der Waals surface area contributed by atoms with Gasteiger partial charge in [-0.25, -0.2) is 14.0 Å². The van der Waals surface area contributed by atoms with E-state index in [1.807, 2.05) is 9.80 Å². The summed E-state index contributed by atoms with van der Waals surface area (Å²) < 4.78 is 20.0. The van der Waals surface area contributed by atoms with E-state index in [-0.39, 0.29) is 17.2 Å². The van der Waals surface area contributed by atoms with Gasteiger partial charge in [-0.15, -0.1) is 0 Å². The van der Waals surface area contributed by atoms with E-state index < -0.39 is 29.2 Å². The summed E-state index contributed by atoms with van der Waals surface area (Å²) in [6.07, 6.45) is -2.94. The minimum atomic E-state index is -1.23. The second-order valence-electron chi connectivity index (χ2n) is 7.32. The van der Waals surface area contributed by atoms with Gasteiger partial charge >= 0.3 is 17.2 Å². The minimum Gasteiger partial charge on any atom is -0.465 e. The van der Waals surface area contributed by atoms with Crippen molar-refractivity contribution in [1.29, 1.82) is 0 Å². The highest BCUT2D eigenvalue weighted by atomic mass is 32.1. The molecule has 0 unspecified atom stereocenters. The molecular weight excluding hydrogens is 445 g/mol. The van der Waals surface area contributed by atoms with Crippen molar-refractivity contribution in [2.45, 2.75) is 6.23 Å². The average Bonchev–Trinajstić information content (AvgIpc) is 3.40. The monoisotopic (exact) mass is 465 g/mol. The van der Waals surface area contributed by atoms with Crippen molar-refractivity contribution in [3.05, 3.63) is 46.3 Å². The topological polar surface area (TPSA) is 120 Å². The molecule has 0 saturated carbocycles. The summed E-state index contributed by atoms with van der Waals surface area (Å²) in [5.41, 5.74) is 0.666. The number of rotatable bonds is 5. The zero-order valence-electron chi connectivity index (χ0n) is 17.0. The smallest absolute Gasteiger partial charge is 0.416 e. The van der Waals surface area contributed by atoms with E-state index in [9.17, 15) is 24.1 Å². The van der Waals surface area contributed by atoms with Gasteiger partial charge in [-0.3, -0.25) is 19.9 Å². The first-order valence-electron chi connectivity index (χ1n) is 9.72. The van der Waals surface area contributed by atoms with E-state index >= 15 is 0 Å². The quantitative estimate of drug-likeness (QED) is 0.529. The lowest BCUT2D eigenvalue weighted by Crippen LogP contribution is -2.46. The van der Waals surface area contributed by atoms with Crippen LogP contribution in [0.2, 0.25) is 0 Å². The van der Waals surface area contributed by atoms with Gasteiger partial charge in [0.1, 0.15) is 5.82 Å². The number of carbonyl (C=O) groups excluding carboxylic acids is 1. The fourth-order valence-corrected chi connectivity index (χ4v) is 4.53. The second kappa shape index (κ2) is 8.49. The van der Waals surface area contributed by atoms with E-state index in [0.29, 0.717) is 31.9 Å². The largest absolute Gasteiger partial charge is 0.465 e. The van der Waals surface area contributed by atoms with Crippen molar-refractivity contribution in [1.82, 2.24) is 4.90 Å². The molecule has 11 nitrogen and oxygen atoms in total. The number of ether oxygens (including phenoxy) is 1. The van der Waals surface area contributed by atoms with Crippen LogP contribution < -0.4 is 14.7 Å². The number of piperazine rings is 1. The number of thiophene rings is 1.